The zero-order chi connectivity index (χ0) is 11.5. The molecule has 2 fully saturated rings. The van der Waals surface area contributed by atoms with Crippen LogP contribution in [0.5, 0.6) is 0 Å². The van der Waals surface area contributed by atoms with Crippen molar-refractivity contribution in [3.05, 3.63) is 0 Å². The molecule has 16 heavy (non-hydrogen) atoms. The Morgan fingerprint density at radius 3 is 2.69 bits per heavy atom. The summed E-state index contributed by atoms with van der Waals surface area (Å²) in [6.45, 7) is 9.94. The van der Waals surface area contributed by atoms with E-state index in [0.29, 0.717) is 18.2 Å². The second kappa shape index (κ2) is 5.48. The maximum atomic E-state index is 5.64. The molecule has 0 amide bonds. The molecule has 1 aliphatic carbocycles. The predicted molar refractivity (Wildman–Crippen MR) is 66.7 cm³/mol. The minimum absolute atomic E-state index is 0.539. The fourth-order valence-electron chi connectivity index (χ4n) is 2.92. The lowest BCUT2D eigenvalue weighted by Gasteiger charge is -2.49. The minimum atomic E-state index is 0.539. The average Bonchev–Trinajstić information content (AvgIpc) is 2.24. The van der Waals surface area contributed by atoms with E-state index < -0.39 is 0 Å². The van der Waals surface area contributed by atoms with Crippen LogP contribution in [0.3, 0.4) is 0 Å². The first-order valence-corrected chi connectivity index (χ1v) is 6.85. The Morgan fingerprint density at radius 1 is 1.31 bits per heavy atom. The molecule has 1 saturated heterocycles. The second-order valence-electron chi connectivity index (χ2n) is 5.26. The fraction of sp³-hybridized carbons (Fsp3) is 1.00. The van der Waals surface area contributed by atoms with Crippen LogP contribution in [0, 0.1) is 0 Å². The molecule has 0 aromatic rings. The van der Waals surface area contributed by atoms with Gasteiger partial charge in [-0.1, -0.05) is 6.92 Å². The summed E-state index contributed by atoms with van der Waals surface area (Å²) < 4.78 is 5.64. The van der Waals surface area contributed by atoms with Crippen molar-refractivity contribution >= 4 is 0 Å². The molecule has 0 spiro atoms. The molecule has 1 N–H and O–H groups in total. The highest BCUT2D eigenvalue weighted by molar-refractivity contribution is 4.94. The smallest absolute Gasteiger partial charge is 0.0604 e. The first-order valence-electron chi connectivity index (χ1n) is 6.85. The third-order valence-electron chi connectivity index (χ3n) is 4.13. The molecule has 2 rings (SSSR count). The number of nitrogens with one attached hydrogen (secondary N) is 1. The molecular formula is C13H26N2O. The van der Waals surface area contributed by atoms with E-state index in [-0.39, 0.29) is 0 Å². The maximum Gasteiger partial charge on any atom is 0.0604 e. The summed E-state index contributed by atoms with van der Waals surface area (Å²) >= 11 is 0. The van der Waals surface area contributed by atoms with Crippen LogP contribution in [0.1, 0.15) is 40.0 Å². The molecule has 3 nitrogen and oxygen atoms in total. The van der Waals surface area contributed by atoms with Crippen LogP contribution in [0.25, 0.3) is 0 Å². The zero-order valence-electron chi connectivity index (χ0n) is 10.9. The van der Waals surface area contributed by atoms with Gasteiger partial charge in [0, 0.05) is 37.8 Å². The van der Waals surface area contributed by atoms with Crippen LogP contribution >= 0.6 is 0 Å². The topological polar surface area (TPSA) is 24.5 Å². The molecule has 2 aliphatic rings. The highest BCUT2D eigenvalue weighted by Gasteiger charge is 2.38. The molecule has 3 heteroatoms. The molecule has 0 aromatic carbocycles. The van der Waals surface area contributed by atoms with Crippen LogP contribution in [-0.4, -0.2) is 48.8 Å². The predicted octanol–water partition coefficient (Wildman–Crippen LogP) is 1.63. The van der Waals surface area contributed by atoms with E-state index in [1.54, 1.807) is 0 Å². The standard InChI is InChI=1S/C13H26N2O/c1-4-11-9-15(10(3)8-14-11)12-6-13(7-12)16-5-2/h10-14H,4-9H2,1-3H3. The maximum absolute atomic E-state index is 5.64. The summed E-state index contributed by atoms with van der Waals surface area (Å²) in [6, 6.07) is 2.17. The molecule has 0 radical (unpaired) electrons. The van der Waals surface area contributed by atoms with Crippen LogP contribution in [-0.2, 0) is 4.74 Å². The van der Waals surface area contributed by atoms with E-state index in [9.17, 15) is 0 Å². The van der Waals surface area contributed by atoms with E-state index >= 15 is 0 Å². The molecule has 2 unspecified atom stereocenters. The molecule has 1 saturated carbocycles. The Morgan fingerprint density at radius 2 is 2.06 bits per heavy atom. The Labute approximate surface area is 99.5 Å². The van der Waals surface area contributed by atoms with Crippen molar-refractivity contribution in [2.75, 3.05) is 19.7 Å². The molecule has 0 bridgehead atoms. The van der Waals surface area contributed by atoms with Gasteiger partial charge in [0.2, 0.25) is 0 Å². The Bertz CT molecular complexity index is 216. The quantitative estimate of drug-likeness (QED) is 0.788. The van der Waals surface area contributed by atoms with Gasteiger partial charge in [-0.3, -0.25) is 4.90 Å². The highest BCUT2D eigenvalue weighted by Crippen LogP contribution is 2.30. The summed E-state index contributed by atoms with van der Waals surface area (Å²) in [4.78, 5) is 2.69. The first kappa shape index (κ1) is 12.3. The van der Waals surface area contributed by atoms with Gasteiger partial charge in [0.05, 0.1) is 6.10 Å². The monoisotopic (exact) mass is 226 g/mol. The third-order valence-corrected chi connectivity index (χ3v) is 4.13. The van der Waals surface area contributed by atoms with Gasteiger partial charge >= 0.3 is 0 Å². The number of rotatable bonds is 4. The van der Waals surface area contributed by atoms with Gasteiger partial charge < -0.3 is 10.1 Å². The number of hydrogen-bond donors (Lipinski definition) is 1. The van der Waals surface area contributed by atoms with Crippen LogP contribution < -0.4 is 5.32 Å². The molecule has 94 valence electrons. The molecular weight excluding hydrogens is 200 g/mol. The van der Waals surface area contributed by atoms with Crippen molar-refractivity contribution in [3.8, 4) is 0 Å². The highest BCUT2D eigenvalue weighted by atomic mass is 16.5. The van der Waals surface area contributed by atoms with Crippen molar-refractivity contribution in [3.63, 3.8) is 0 Å². The number of piperazine rings is 1. The first-order chi connectivity index (χ1) is 7.74. The Hall–Kier alpha value is -0.120. The van der Waals surface area contributed by atoms with E-state index in [0.717, 1.165) is 19.2 Å². The summed E-state index contributed by atoms with van der Waals surface area (Å²) in [5, 5.41) is 3.62. The molecule has 1 heterocycles. The van der Waals surface area contributed by atoms with Crippen molar-refractivity contribution < 1.29 is 4.74 Å². The van der Waals surface area contributed by atoms with Gasteiger partial charge in [0.15, 0.2) is 0 Å². The van der Waals surface area contributed by atoms with E-state index in [4.69, 9.17) is 4.74 Å². The van der Waals surface area contributed by atoms with Gasteiger partial charge in [0.25, 0.3) is 0 Å². The van der Waals surface area contributed by atoms with Gasteiger partial charge in [-0.05, 0) is 33.1 Å². The van der Waals surface area contributed by atoms with Crippen molar-refractivity contribution in [1.82, 2.24) is 10.2 Å². The van der Waals surface area contributed by atoms with Crippen LogP contribution in [0.4, 0.5) is 0 Å². The molecule has 0 aromatic heterocycles. The van der Waals surface area contributed by atoms with E-state index in [1.165, 1.54) is 25.8 Å². The minimum Gasteiger partial charge on any atom is -0.378 e. The van der Waals surface area contributed by atoms with Crippen LogP contribution in [0.2, 0.25) is 0 Å². The van der Waals surface area contributed by atoms with Gasteiger partial charge in [-0.2, -0.15) is 0 Å². The summed E-state index contributed by atoms with van der Waals surface area (Å²) in [7, 11) is 0. The lowest BCUT2D eigenvalue weighted by molar-refractivity contribution is -0.0641. The number of hydrogen-bond acceptors (Lipinski definition) is 3. The largest absolute Gasteiger partial charge is 0.378 e. The van der Waals surface area contributed by atoms with E-state index in [2.05, 4.69) is 31.0 Å². The van der Waals surface area contributed by atoms with Gasteiger partial charge in [-0.25, -0.2) is 0 Å². The Balaban J connectivity index is 1.80. The van der Waals surface area contributed by atoms with Crippen LogP contribution in [0.15, 0.2) is 0 Å². The second-order valence-corrected chi connectivity index (χ2v) is 5.26. The van der Waals surface area contributed by atoms with Crippen molar-refractivity contribution in [1.29, 1.82) is 0 Å². The SMILES string of the molecule is CCOC1CC(N2CC(CC)NCC2C)C1. The van der Waals surface area contributed by atoms with Crippen molar-refractivity contribution in [2.24, 2.45) is 0 Å². The lowest BCUT2D eigenvalue weighted by Crippen LogP contribution is -2.61. The summed E-state index contributed by atoms with van der Waals surface area (Å²) in [6.07, 6.45) is 4.27. The van der Waals surface area contributed by atoms with Crippen molar-refractivity contribution in [2.45, 2.75) is 64.3 Å². The number of nitrogens with zero attached hydrogens (tertiary/aromatic N) is 1. The van der Waals surface area contributed by atoms with Gasteiger partial charge in [0.1, 0.15) is 0 Å². The molecule has 1 aliphatic heterocycles. The number of ether oxygens (including phenoxy) is 1. The average molecular weight is 226 g/mol. The summed E-state index contributed by atoms with van der Waals surface area (Å²) in [5.74, 6) is 0. The Kier molecular flexibility index (Phi) is 4.22. The fourth-order valence-corrected chi connectivity index (χ4v) is 2.92. The third kappa shape index (κ3) is 2.58. The lowest BCUT2D eigenvalue weighted by atomic mass is 9.86. The molecule has 2 atom stereocenters. The zero-order valence-corrected chi connectivity index (χ0v) is 10.9. The van der Waals surface area contributed by atoms with E-state index in [1.807, 2.05) is 0 Å². The summed E-state index contributed by atoms with van der Waals surface area (Å²) in [5.41, 5.74) is 0. The normalized spacial score (nSPS) is 40.7. The van der Waals surface area contributed by atoms with Gasteiger partial charge in [-0.15, -0.1) is 0 Å².